The van der Waals surface area contributed by atoms with Gasteiger partial charge in [0, 0.05) is 13.1 Å². The molecule has 1 fully saturated rings. The van der Waals surface area contributed by atoms with Crippen LogP contribution in [-0.4, -0.2) is 29.7 Å². The summed E-state index contributed by atoms with van der Waals surface area (Å²) in [6, 6.07) is 21.8. The van der Waals surface area contributed by atoms with E-state index >= 15 is 0 Å². The van der Waals surface area contributed by atoms with E-state index in [1.54, 1.807) is 0 Å². The van der Waals surface area contributed by atoms with Crippen LogP contribution < -0.4 is 0 Å². The Morgan fingerprint density at radius 1 is 0.783 bits per heavy atom. The Morgan fingerprint density at radius 2 is 1.26 bits per heavy atom. The highest BCUT2D eigenvalue weighted by atomic mass is 15.2. The van der Waals surface area contributed by atoms with Crippen molar-refractivity contribution in [1.29, 1.82) is 0 Å². The van der Waals surface area contributed by atoms with Gasteiger partial charge < -0.3 is 9.62 Å². The topological polar surface area (TPSA) is 6.48 Å². The zero-order valence-electron chi connectivity index (χ0n) is 14.2. The van der Waals surface area contributed by atoms with E-state index in [0.717, 1.165) is 13.1 Å². The van der Waals surface area contributed by atoms with Gasteiger partial charge in [-0.15, -0.1) is 0 Å². The van der Waals surface area contributed by atoms with E-state index in [-0.39, 0.29) is 0 Å². The summed E-state index contributed by atoms with van der Waals surface area (Å²) in [5.74, 6) is 0. The molecule has 1 aliphatic rings. The maximum atomic E-state index is 2.67. The Balaban J connectivity index is 1.71. The molecule has 1 saturated heterocycles. The maximum absolute atomic E-state index is 2.67. The lowest BCUT2D eigenvalue weighted by atomic mass is 9.64. The Bertz CT molecular complexity index is 523. The van der Waals surface area contributed by atoms with Crippen LogP contribution in [0.5, 0.6) is 0 Å². The minimum absolute atomic E-state index is 0.564. The van der Waals surface area contributed by atoms with Crippen molar-refractivity contribution < 1.29 is 0 Å². The summed E-state index contributed by atoms with van der Waals surface area (Å²) in [7, 11) is 0. The van der Waals surface area contributed by atoms with Gasteiger partial charge in [0.2, 0.25) is 0 Å². The number of nitrogens with zero attached hydrogens (tertiary/aromatic N) is 2. The molecule has 2 aromatic rings. The highest BCUT2D eigenvalue weighted by Gasteiger charge is 2.32. The van der Waals surface area contributed by atoms with Gasteiger partial charge in [0.15, 0.2) is 0 Å². The summed E-state index contributed by atoms with van der Waals surface area (Å²) in [4.78, 5) is 5.34. The van der Waals surface area contributed by atoms with E-state index in [9.17, 15) is 0 Å². The normalized spacial score (nSPS) is 16.7. The van der Waals surface area contributed by atoms with Crippen LogP contribution >= 0.6 is 0 Å². The molecule has 0 amide bonds. The lowest BCUT2D eigenvalue weighted by molar-refractivity contribution is 0.269. The van der Waals surface area contributed by atoms with Crippen LogP contribution in [0.25, 0.3) is 0 Å². The third-order valence-corrected chi connectivity index (χ3v) is 4.74. The third kappa shape index (κ3) is 4.46. The molecule has 2 nitrogen and oxygen atoms in total. The Labute approximate surface area is 141 Å². The first-order valence-corrected chi connectivity index (χ1v) is 8.93. The second kappa shape index (κ2) is 8.33. The first kappa shape index (κ1) is 16.3. The van der Waals surface area contributed by atoms with Crippen molar-refractivity contribution >= 4 is 6.98 Å². The van der Waals surface area contributed by atoms with Crippen LogP contribution in [0, 0.1) is 0 Å². The predicted molar refractivity (Wildman–Crippen MR) is 99.2 cm³/mol. The molecule has 1 heterocycles. The Kier molecular flexibility index (Phi) is 5.90. The van der Waals surface area contributed by atoms with Crippen LogP contribution in [-0.2, 0) is 13.1 Å². The second-order valence-corrected chi connectivity index (χ2v) is 6.53. The van der Waals surface area contributed by atoms with E-state index in [1.165, 1.54) is 43.4 Å². The average molecular weight is 306 g/mol. The smallest absolute Gasteiger partial charge is 0.311 e. The molecular weight excluding hydrogens is 279 g/mol. The molecule has 0 radical (unpaired) electrons. The van der Waals surface area contributed by atoms with Crippen molar-refractivity contribution in [2.75, 3.05) is 13.1 Å². The predicted octanol–water partition coefficient (Wildman–Crippen LogP) is 4.29. The highest BCUT2D eigenvalue weighted by molar-refractivity contribution is 6.52. The molecular formula is C20H27BN2. The monoisotopic (exact) mass is 306 g/mol. The molecule has 0 aliphatic carbocycles. The summed E-state index contributed by atoms with van der Waals surface area (Å²) < 4.78 is 0. The van der Waals surface area contributed by atoms with Crippen molar-refractivity contribution in [3.8, 4) is 0 Å². The summed E-state index contributed by atoms with van der Waals surface area (Å²) in [5.41, 5.74) is 2.85. The summed E-state index contributed by atoms with van der Waals surface area (Å²) in [5, 5.41) is 0. The number of benzene rings is 2. The summed E-state index contributed by atoms with van der Waals surface area (Å²) >= 11 is 0. The molecule has 0 spiro atoms. The lowest BCUT2D eigenvalue weighted by Crippen LogP contribution is -2.56. The van der Waals surface area contributed by atoms with Gasteiger partial charge in [-0.1, -0.05) is 74.0 Å². The molecule has 0 saturated carbocycles. The van der Waals surface area contributed by atoms with Gasteiger partial charge >= 0.3 is 6.98 Å². The minimum atomic E-state index is 0.564. The van der Waals surface area contributed by atoms with Gasteiger partial charge in [-0.3, -0.25) is 0 Å². The second-order valence-electron chi connectivity index (χ2n) is 6.53. The van der Waals surface area contributed by atoms with E-state index in [2.05, 4.69) is 77.2 Å². The molecule has 23 heavy (non-hydrogen) atoms. The first-order valence-electron chi connectivity index (χ1n) is 8.93. The van der Waals surface area contributed by atoms with Crippen LogP contribution in [0.1, 0.15) is 30.9 Å². The van der Waals surface area contributed by atoms with Crippen molar-refractivity contribution in [2.45, 2.75) is 39.2 Å². The molecule has 0 atom stereocenters. The first-order chi connectivity index (χ1) is 11.4. The number of hydrogen-bond donors (Lipinski definition) is 0. The average Bonchev–Trinajstić information content (AvgIpc) is 2.60. The van der Waals surface area contributed by atoms with E-state index in [1.807, 2.05) is 0 Å². The van der Waals surface area contributed by atoms with Gasteiger partial charge in [0.1, 0.15) is 0 Å². The SMILES string of the molecule is CCCB1N(Cc2ccccc2)CCCN1Cc1ccccc1. The van der Waals surface area contributed by atoms with Crippen LogP contribution in [0.4, 0.5) is 0 Å². The van der Waals surface area contributed by atoms with Gasteiger partial charge in [0.25, 0.3) is 0 Å². The van der Waals surface area contributed by atoms with Gasteiger partial charge in [-0.25, -0.2) is 0 Å². The van der Waals surface area contributed by atoms with Crippen molar-refractivity contribution in [2.24, 2.45) is 0 Å². The lowest BCUT2D eigenvalue weighted by Gasteiger charge is -2.42. The molecule has 3 heteroatoms. The Hall–Kier alpha value is -1.58. The molecule has 0 unspecified atom stereocenters. The van der Waals surface area contributed by atoms with Gasteiger partial charge in [0.05, 0.1) is 0 Å². The molecule has 0 aromatic heterocycles. The molecule has 2 aromatic carbocycles. The van der Waals surface area contributed by atoms with Gasteiger partial charge in [-0.05, 0) is 37.0 Å². The fourth-order valence-electron chi connectivity index (χ4n) is 3.63. The molecule has 0 bridgehead atoms. The quantitative estimate of drug-likeness (QED) is 0.735. The molecule has 120 valence electrons. The largest absolute Gasteiger partial charge is 0.324 e. The van der Waals surface area contributed by atoms with Crippen molar-refractivity contribution in [3.05, 3.63) is 71.8 Å². The number of hydrogen-bond acceptors (Lipinski definition) is 2. The fourth-order valence-corrected chi connectivity index (χ4v) is 3.63. The van der Waals surface area contributed by atoms with E-state index < -0.39 is 0 Å². The number of rotatable bonds is 6. The van der Waals surface area contributed by atoms with Crippen LogP contribution in [0.2, 0.25) is 6.32 Å². The van der Waals surface area contributed by atoms with Gasteiger partial charge in [-0.2, -0.15) is 0 Å². The van der Waals surface area contributed by atoms with Crippen LogP contribution in [0.15, 0.2) is 60.7 Å². The van der Waals surface area contributed by atoms with Crippen molar-refractivity contribution in [3.63, 3.8) is 0 Å². The highest BCUT2D eigenvalue weighted by Crippen LogP contribution is 2.21. The molecule has 0 N–H and O–H groups in total. The van der Waals surface area contributed by atoms with Crippen molar-refractivity contribution in [1.82, 2.24) is 9.62 Å². The maximum Gasteiger partial charge on any atom is 0.311 e. The minimum Gasteiger partial charge on any atom is -0.324 e. The van der Waals surface area contributed by atoms with Crippen LogP contribution in [0.3, 0.4) is 0 Å². The summed E-state index contributed by atoms with van der Waals surface area (Å²) in [6.07, 6.45) is 3.75. The zero-order valence-corrected chi connectivity index (χ0v) is 14.2. The summed E-state index contributed by atoms with van der Waals surface area (Å²) in [6.45, 7) is 7.42. The standard InChI is InChI=1S/C20H27BN2/c1-2-14-21-22(17-19-10-5-3-6-11-19)15-9-16-23(21)18-20-12-7-4-8-13-20/h3-8,10-13H,2,9,14-18H2,1H3. The van der Waals surface area contributed by atoms with E-state index in [4.69, 9.17) is 0 Å². The Morgan fingerprint density at radius 3 is 1.70 bits per heavy atom. The third-order valence-electron chi connectivity index (χ3n) is 4.74. The zero-order chi connectivity index (χ0) is 15.9. The molecule has 1 aliphatic heterocycles. The fraction of sp³-hybridized carbons (Fsp3) is 0.400. The molecule has 3 rings (SSSR count). The van der Waals surface area contributed by atoms with E-state index in [0.29, 0.717) is 6.98 Å².